The summed E-state index contributed by atoms with van der Waals surface area (Å²) in [5.41, 5.74) is 0. The molecule has 0 saturated carbocycles. The highest BCUT2D eigenvalue weighted by Gasteiger charge is 1.98. The molecule has 0 aromatic heterocycles. The number of aliphatic hydroxyl groups excluding tert-OH is 2. The Morgan fingerprint density at radius 2 is 1.00 bits per heavy atom. The topological polar surface area (TPSA) is 40.5 Å². The summed E-state index contributed by atoms with van der Waals surface area (Å²) < 4.78 is 12.0. The van der Waals surface area contributed by atoms with Gasteiger partial charge >= 0.3 is 0 Å². The predicted octanol–water partition coefficient (Wildman–Crippen LogP) is 3.95. The van der Waals surface area contributed by atoms with Crippen molar-refractivity contribution in [2.45, 2.75) is 83.4 Å². The number of aliphatic hydroxyl groups is 2. The number of hydrogen-bond donors (Lipinski definition) is 2. The van der Waals surface area contributed by atoms with Crippen LogP contribution in [0, 0.1) is 0 Å². The number of rotatable bonds is 13. The van der Waals surface area contributed by atoms with Crippen molar-refractivity contribution < 1.29 is 14.6 Å². The second kappa shape index (κ2) is 13.9. The molecule has 0 spiro atoms. The SMILES string of the molecule is OCCCCCCCCCCCCCC(O)F. The summed E-state index contributed by atoms with van der Waals surface area (Å²) in [4.78, 5) is 0. The average molecular weight is 248 g/mol. The van der Waals surface area contributed by atoms with Crippen LogP contribution in [0.4, 0.5) is 4.39 Å². The zero-order chi connectivity index (χ0) is 12.8. The van der Waals surface area contributed by atoms with E-state index in [1.165, 1.54) is 38.5 Å². The second-order valence-electron chi connectivity index (χ2n) is 4.84. The maximum atomic E-state index is 12.0. The van der Waals surface area contributed by atoms with Gasteiger partial charge < -0.3 is 10.2 Å². The first-order valence-electron chi connectivity index (χ1n) is 7.20. The van der Waals surface area contributed by atoms with E-state index in [-0.39, 0.29) is 0 Å². The highest BCUT2D eigenvalue weighted by Crippen LogP contribution is 2.12. The fourth-order valence-electron chi connectivity index (χ4n) is 2.02. The minimum atomic E-state index is -1.62. The lowest BCUT2D eigenvalue weighted by atomic mass is 10.1. The fraction of sp³-hybridized carbons (Fsp3) is 1.00. The van der Waals surface area contributed by atoms with E-state index in [4.69, 9.17) is 10.2 Å². The number of hydrogen-bond acceptors (Lipinski definition) is 2. The molecule has 1 unspecified atom stereocenters. The molecule has 2 N–H and O–H groups in total. The second-order valence-corrected chi connectivity index (χ2v) is 4.84. The van der Waals surface area contributed by atoms with Crippen LogP contribution < -0.4 is 0 Å². The van der Waals surface area contributed by atoms with Crippen LogP contribution in [-0.4, -0.2) is 23.2 Å². The molecule has 1 atom stereocenters. The predicted molar refractivity (Wildman–Crippen MR) is 69.6 cm³/mol. The van der Waals surface area contributed by atoms with Gasteiger partial charge in [0.25, 0.3) is 0 Å². The Labute approximate surface area is 105 Å². The van der Waals surface area contributed by atoms with Crippen molar-refractivity contribution in [1.82, 2.24) is 0 Å². The zero-order valence-corrected chi connectivity index (χ0v) is 11.0. The molecule has 2 nitrogen and oxygen atoms in total. The van der Waals surface area contributed by atoms with Crippen molar-refractivity contribution in [2.24, 2.45) is 0 Å². The molecule has 0 aromatic carbocycles. The van der Waals surface area contributed by atoms with E-state index >= 15 is 0 Å². The van der Waals surface area contributed by atoms with Crippen LogP contribution in [0.1, 0.15) is 77.0 Å². The average Bonchev–Trinajstić information content (AvgIpc) is 2.30. The van der Waals surface area contributed by atoms with Crippen molar-refractivity contribution in [3.8, 4) is 0 Å². The molecule has 3 heteroatoms. The van der Waals surface area contributed by atoms with Crippen LogP contribution >= 0.6 is 0 Å². The third kappa shape index (κ3) is 15.9. The van der Waals surface area contributed by atoms with Gasteiger partial charge in [0.1, 0.15) is 0 Å². The molecule has 0 rings (SSSR count). The first-order valence-corrected chi connectivity index (χ1v) is 7.20. The third-order valence-corrected chi connectivity index (χ3v) is 3.10. The Kier molecular flexibility index (Phi) is 13.8. The van der Waals surface area contributed by atoms with Gasteiger partial charge in [-0.1, -0.05) is 57.8 Å². The smallest absolute Gasteiger partial charge is 0.196 e. The van der Waals surface area contributed by atoms with Gasteiger partial charge in [0.15, 0.2) is 6.36 Å². The van der Waals surface area contributed by atoms with Crippen molar-refractivity contribution in [3.05, 3.63) is 0 Å². The van der Waals surface area contributed by atoms with Crippen molar-refractivity contribution in [2.75, 3.05) is 6.61 Å². The van der Waals surface area contributed by atoms with Crippen molar-refractivity contribution in [1.29, 1.82) is 0 Å². The van der Waals surface area contributed by atoms with Crippen LogP contribution in [0.3, 0.4) is 0 Å². The van der Waals surface area contributed by atoms with Gasteiger partial charge in [0, 0.05) is 13.0 Å². The highest BCUT2D eigenvalue weighted by atomic mass is 19.1. The van der Waals surface area contributed by atoms with E-state index in [9.17, 15) is 4.39 Å². The molecule has 0 radical (unpaired) electrons. The molecule has 104 valence electrons. The quantitative estimate of drug-likeness (QED) is 0.485. The molecule has 0 heterocycles. The molecular formula is C14H29FO2. The van der Waals surface area contributed by atoms with E-state index in [2.05, 4.69) is 0 Å². The number of unbranched alkanes of at least 4 members (excludes halogenated alkanes) is 10. The molecule has 0 bridgehead atoms. The lowest BCUT2D eigenvalue weighted by molar-refractivity contribution is 0.0323. The Balaban J connectivity index is 2.89. The standard InChI is InChI=1S/C14H29FO2/c15-14(17)12-10-8-6-4-2-1-3-5-7-9-11-13-16/h14,16-17H,1-13H2. The van der Waals surface area contributed by atoms with Gasteiger partial charge in [-0.3, -0.25) is 0 Å². The minimum absolute atomic E-state index is 0.296. The maximum absolute atomic E-state index is 12.0. The molecular weight excluding hydrogens is 219 g/mol. The van der Waals surface area contributed by atoms with Gasteiger partial charge in [0.05, 0.1) is 0 Å². The van der Waals surface area contributed by atoms with Gasteiger partial charge in [-0.05, 0) is 12.8 Å². The lowest BCUT2D eigenvalue weighted by Crippen LogP contribution is -1.95. The van der Waals surface area contributed by atoms with E-state index < -0.39 is 6.36 Å². The van der Waals surface area contributed by atoms with Crippen molar-refractivity contribution in [3.63, 3.8) is 0 Å². The third-order valence-electron chi connectivity index (χ3n) is 3.10. The van der Waals surface area contributed by atoms with Crippen LogP contribution in [0.15, 0.2) is 0 Å². The van der Waals surface area contributed by atoms with Crippen LogP contribution in [-0.2, 0) is 0 Å². The van der Waals surface area contributed by atoms with E-state index in [0.29, 0.717) is 13.0 Å². The van der Waals surface area contributed by atoms with Gasteiger partial charge in [0.2, 0.25) is 0 Å². The monoisotopic (exact) mass is 248 g/mol. The largest absolute Gasteiger partial charge is 0.396 e. The lowest BCUT2D eigenvalue weighted by Gasteiger charge is -2.03. The fourth-order valence-corrected chi connectivity index (χ4v) is 2.02. The summed E-state index contributed by atoms with van der Waals surface area (Å²) in [5.74, 6) is 0. The van der Waals surface area contributed by atoms with Gasteiger partial charge in [-0.2, -0.15) is 0 Å². The normalized spacial score (nSPS) is 12.9. The zero-order valence-electron chi connectivity index (χ0n) is 11.0. The van der Waals surface area contributed by atoms with Crippen molar-refractivity contribution >= 4 is 0 Å². The maximum Gasteiger partial charge on any atom is 0.196 e. The van der Waals surface area contributed by atoms with Gasteiger partial charge in [-0.25, -0.2) is 4.39 Å². The van der Waals surface area contributed by atoms with E-state index in [0.717, 1.165) is 32.1 Å². The molecule has 0 fully saturated rings. The van der Waals surface area contributed by atoms with Crippen LogP contribution in [0.5, 0.6) is 0 Å². The molecule has 0 aliphatic carbocycles. The van der Waals surface area contributed by atoms with E-state index in [1.807, 2.05) is 0 Å². The van der Waals surface area contributed by atoms with Crippen LogP contribution in [0.25, 0.3) is 0 Å². The molecule has 0 amide bonds. The Bertz CT molecular complexity index is 140. The molecule has 0 aliphatic heterocycles. The first kappa shape index (κ1) is 16.9. The summed E-state index contributed by atoms with van der Waals surface area (Å²) >= 11 is 0. The summed E-state index contributed by atoms with van der Waals surface area (Å²) in [6, 6.07) is 0. The summed E-state index contributed by atoms with van der Waals surface area (Å²) in [7, 11) is 0. The number of halogens is 1. The minimum Gasteiger partial charge on any atom is -0.396 e. The summed E-state index contributed by atoms with van der Waals surface area (Å²) in [6.45, 7) is 0.327. The molecule has 17 heavy (non-hydrogen) atoms. The highest BCUT2D eigenvalue weighted by molar-refractivity contribution is 4.49. The Morgan fingerprint density at radius 3 is 1.35 bits per heavy atom. The molecule has 0 aromatic rings. The Hall–Kier alpha value is -0.150. The van der Waals surface area contributed by atoms with E-state index in [1.54, 1.807) is 0 Å². The summed E-state index contributed by atoms with van der Waals surface area (Å²) in [6.07, 6.45) is 11.4. The molecule has 0 aliphatic rings. The number of alkyl halides is 1. The molecule has 0 saturated heterocycles. The first-order chi connectivity index (χ1) is 8.27. The summed E-state index contributed by atoms with van der Waals surface area (Å²) in [5, 5.41) is 17.0. The van der Waals surface area contributed by atoms with Gasteiger partial charge in [-0.15, -0.1) is 0 Å². The van der Waals surface area contributed by atoms with Crippen LogP contribution in [0.2, 0.25) is 0 Å². The Morgan fingerprint density at radius 1 is 0.647 bits per heavy atom.